The van der Waals surface area contributed by atoms with E-state index < -0.39 is 22.0 Å². The van der Waals surface area contributed by atoms with Crippen molar-refractivity contribution in [2.24, 2.45) is 5.92 Å². The maximum atomic E-state index is 12.2. The minimum atomic E-state index is -3.78. The zero-order valence-electron chi connectivity index (χ0n) is 15.3. The first-order chi connectivity index (χ1) is 12.7. The molecule has 9 heteroatoms. The Kier molecular flexibility index (Phi) is 6.72. The quantitative estimate of drug-likeness (QED) is 0.456. The van der Waals surface area contributed by atoms with Crippen LogP contribution in [0.5, 0.6) is 0 Å². The molecular weight excluding hydrogens is 372 g/mol. The van der Waals surface area contributed by atoms with Crippen LogP contribution in [0.25, 0.3) is 0 Å². The van der Waals surface area contributed by atoms with Gasteiger partial charge in [0, 0.05) is 6.54 Å². The Morgan fingerprint density at radius 2 is 1.70 bits per heavy atom. The number of rotatable bonds is 10. The largest absolute Gasteiger partial charge is 0.480 e. The first-order valence-electron chi connectivity index (χ1n) is 8.86. The van der Waals surface area contributed by atoms with Crippen LogP contribution in [0.2, 0.25) is 0 Å². The Labute approximate surface area is 158 Å². The molecule has 1 heterocycles. The van der Waals surface area contributed by atoms with Gasteiger partial charge in [0.05, 0.1) is 16.9 Å². The van der Waals surface area contributed by atoms with Crippen molar-refractivity contribution in [1.29, 1.82) is 0 Å². The van der Waals surface area contributed by atoms with Crippen molar-refractivity contribution in [3.8, 4) is 0 Å². The summed E-state index contributed by atoms with van der Waals surface area (Å²) in [7, 11) is -3.78. The number of aliphatic carboxylic acids is 1. The van der Waals surface area contributed by atoms with Gasteiger partial charge in [0.25, 0.3) is 11.8 Å². The number of hydrogen-bond donors (Lipinski definition) is 2. The van der Waals surface area contributed by atoms with Gasteiger partial charge in [0.2, 0.25) is 10.0 Å². The molecule has 0 radical (unpaired) electrons. The lowest BCUT2D eigenvalue weighted by Gasteiger charge is -2.20. The van der Waals surface area contributed by atoms with E-state index in [-0.39, 0.29) is 36.5 Å². The number of nitrogens with one attached hydrogen (secondary N) is 1. The van der Waals surface area contributed by atoms with Gasteiger partial charge in [-0.2, -0.15) is 0 Å². The summed E-state index contributed by atoms with van der Waals surface area (Å²) in [6, 6.07) is 5.37. The zero-order valence-corrected chi connectivity index (χ0v) is 16.2. The predicted octanol–water partition coefficient (Wildman–Crippen LogP) is 1.48. The molecule has 0 aliphatic carbocycles. The molecule has 1 aromatic carbocycles. The average Bonchev–Trinajstić information content (AvgIpc) is 2.87. The summed E-state index contributed by atoms with van der Waals surface area (Å²) in [6.45, 7) is 3.58. The van der Waals surface area contributed by atoms with Gasteiger partial charge in [-0.15, -0.1) is 0 Å². The van der Waals surface area contributed by atoms with E-state index >= 15 is 0 Å². The second kappa shape index (κ2) is 8.62. The molecule has 8 nitrogen and oxygen atoms in total. The van der Waals surface area contributed by atoms with Gasteiger partial charge in [-0.25, -0.2) is 13.1 Å². The van der Waals surface area contributed by atoms with Gasteiger partial charge >= 0.3 is 5.97 Å². The van der Waals surface area contributed by atoms with Gasteiger partial charge in [-0.3, -0.25) is 19.3 Å². The molecule has 0 unspecified atom stereocenters. The molecule has 0 bridgehead atoms. The molecule has 2 atom stereocenters. The summed E-state index contributed by atoms with van der Waals surface area (Å²) in [5, 5.41) is 9.19. The van der Waals surface area contributed by atoms with E-state index in [4.69, 9.17) is 0 Å². The Balaban J connectivity index is 1.87. The lowest BCUT2D eigenvalue weighted by Crippen LogP contribution is -2.45. The second-order valence-corrected chi connectivity index (χ2v) is 8.53. The van der Waals surface area contributed by atoms with Gasteiger partial charge in [-0.05, 0) is 30.9 Å². The number of imide groups is 1. The van der Waals surface area contributed by atoms with Crippen molar-refractivity contribution < 1.29 is 27.9 Å². The Hall–Kier alpha value is -2.26. The third kappa shape index (κ3) is 4.92. The highest BCUT2D eigenvalue weighted by Gasteiger charge is 2.34. The minimum absolute atomic E-state index is 0.121. The average molecular weight is 396 g/mol. The molecule has 1 aliphatic rings. The molecule has 0 spiro atoms. The maximum Gasteiger partial charge on any atom is 0.322 e. The molecule has 2 N–H and O–H groups in total. The molecule has 0 fully saturated rings. The summed E-state index contributed by atoms with van der Waals surface area (Å²) < 4.78 is 26.5. The molecule has 27 heavy (non-hydrogen) atoms. The van der Waals surface area contributed by atoms with E-state index in [1.807, 2.05) is 0 Å². The number of sulfonamides is 1. The molecule has 2 rings (SSSR count). The maximum absolute atomic E-state index is 12.2. The summed E-state index contributed by atoms with van der Waals surface area (Å²) in [4.78, 5) is 36.8. The molecular formula is C18H24N2O6S. The highest BCUT2D eigenvalue weighted by atomic mass is 32.2. The lowest BCUT2D eigenvalue weighted by molar-refractivity contribution is -0.140. The van der Waals surface area contributed by atoms with Crippen LogP contribution >= 0.6 is 0 Å². The van der Waals surface area contributed by atoms with E-state index in [2.05, 4.69) is 4.72 Å². The number of unbranched alkanes of at least 4 members (excludes halogenated alkanes) is 1. The summed E-state index contributed by atoms with van der Waals surface area (Å²) in [5.41, 5.74) is 0.712. The minimum Gasteiger partial charge on any atom is -0.480 e. The standard InChI is InChI=1S/C18H24N2O6S/c1-3-12(2)15(18(23)24)19-27(25,26)11-7-6-10-20-16(21)13-8-4-5-9-14(13)17(20)22/h4-5,8-9,12,15,19H,3,6-7,10-11H2,1-2H3,(H,23,24)/t12-,15-/m0/s1. The fraction of sp³-hybridized carbons (Fsp3) is 0.500. The number of carboxylic acids is 1. The molecule has 1 aromatic rings. The van der Waals surface area contributed by atoms with Crippen molar-refractivity contribution in [3.63, 3.8) is 0 Å². The fourth-order valence-electron chi connectivity index (χ4n) is 2.90. The zero-order chi connectivity index (χ0) is 20.2. The summed E-state index contributed by atoms with van der Waals surface area (Å²) in [6.07, 6.45) is 1.04. The van der Waals surface area contributed by atoms with Crippen molar-refractivity contribution in [2.45, 2.75) is 39.2 Å². The highest BCUT2D eigenvalue weighted by Crippen LogP contribution is 2.22. The van der Waals surface area contributed by atoms with Crippen LogP contribution < -0.4 is 4.72 Å². The molecule has 1 aliphatic heterocycles. The number of carbonyl (C=O) groups is 3. The van der Waals surface area contributed by atoms with Crippen LogP contribution in [0.3, 0.4) is 0 Å². The number of benzene rings is 1. The van der Waals surface area contributed by atoms with Crippen molar-refractivity contribution in [2.75, 3.05) is 12.3 Å². The van der Waals surface area contributed by atoms with Crippen LogP contribution in [0.4, 0.5) is 0 Å². The number of nitrogens with zero attached hydrogens (tertiary/aromatic N) is 1. The Morgan fingerprint density at radius 1 is 1.15 bits per heavy atom. The highest BCUT2D eigenvalue weighted by molar-refractivity contribution is 7.89. The van der Waals surface area contributed by atoms with Crippen LogP contribution in [0, 0.1) is 5.92 Å². The molecule has 0 aromatic heterocycles. The van der Waals surface area contributed by atoms with Crippen molar-refractivity contribution >= 4 is 27.8 Å². The van der Waals surface area contributed by atoms with Crippen LogP contribution in [-0.2, 0) is 14.8 Å². The Bertz CT molecular complexity index is 801. The first kappa shape index (κ1) is 21.0. The third-order valence-electron chi connectivity index (χ3n) is 4.71. The van der Waals surface area contributed by atoms with Crippen LogP contribution in [0.15, 0.2) is 24.3 Å². The van der Waals surface area contributed by atoms with E-state index in [0.717, 1.165) is 4.90 Å². The topological polar surface area (TPSA) is 121 Å². The number of hydrogen-bond acceptors (Lipinski definition) is 5. The summed E-state index contributed by atoms with van der Waals surface area (Å²) in [5.74, 6) is -2.57. The Morgan fingerprint density at radius 3 is 2.19 bits per heavy atom. The van der Waals surface area contributed by atoms with Crippen LogP contribution in [-0.4, -0.2) is 54.5 Å². The number of carbonyl (C=O) groups excluding carboxylic acids is 2. The fourth-order valence-corrected chi connectivity index (χ4v) is 4.32. The first-order valence-corrected chi connectivity index (χ1v) is 10.5. The van der Waals surface area contributed by atoms with E-state index in [1.54, 1.807) is 38.1 Å². The second-order valence-electron chi connectivity index (χ2n) is 6.65. The summed E-state index contributed by atoms with van der Waals surface area (Å²) >= 11 is 0. The number of fused-ring (bicyclic) bond motifs is 1. The molecule has 0 saturated carbocycles. The number of carboxylic acid groups (broad SMARTS) is 1. The van der Waals surface area contributed by atoms with E-state index in [0.29, 0.717) is 24.0 Å². The lowest BCUT2D eigenvalue weighted by atomic mass is 10.0. The number of amides is 2. The normalized spacial score (nSPS) is 16.3. The van der Waals surface area contributed by atoms with Crippen molar-refractivity contribution in [1.82, 2.24) is 9.62 Å². The van der Waals surface area contributed by atoms with Gasteiger partial charge in [0.1, 0.15) is 6.04 Å². The molecule has 0 saturated heterocycles. The van der Waals surface area contributed by atoms with Gasteiger partial charge < -0.3 is 5.11 Å². The van der Waals surface area contributed by atoms with Gasteiger partial charge in [0.15, 0.2) is 0 Å². The molecule has 148 valence electrons. The smallest absolute Gasteiger partial charge is 0.322 e. The van der Waals surface area contributed by atoms with Crippen LogP contribution in [0.1, 0.15) is 53.8 Å². The molecule has 2 amide bonds. The van der Waals surface area contributed by atoms with Gasteiger partial charge in [-0.1, -0.05) is 32.4 Å². The van der Waals surface area contributed by atoms with Crippen molar-refractivity contribution in [3.05, 3.63) is 35.4 Å². The predicted molar refractivity (Wildman–Crippen MR) is 98.8 cm³/mol. The third-order valence-corrected chi connectivity index (χ3v) is 6.15. The SMILES string of the molecule is CC[C@H](C)[C@H](NS(=O)(=O)CCCCN1C(=O)c2ccccc2C1=O)C(=O)O. The van der Waals surface area contributed by atoms with E-state index in [9.17, 15) is 27.9 Å². The monoisotopic (exact) mass is 396 g/mol. The van der Waals surface area contributed by atoms with E-state index in [1.165, 1.54) is 0 Å².